The van der Waals surface area contributed by atoms with Gasteiger partial charge >= 0.3 is 299 Å². The van der Waals surface area contributed by atoms with Crippen LogP contribution in [0.3, 0.4) is 0 Å². The third kappa shape index (κ3) is 6.79. The first-order chi connectivity index (χ1) is 23.3. The van der Waals surface area contributed by atoms with Crippen LogP contribution in [-0.2, 0) is 20.4 Å². The molecule has 2 aliphatic rings. The number of aryl methyl sites for hydroxylation is 2. The van der Waals surface area contributed by atoms with Crippen molar-refractivity contribution in [3.05, 3.63) is 165 Å². The first-order valence-electron chi connectivity index (χ1n) is 17.1. The van der Waals surface area contributed by atoms with Crippen molar-refractivity contribution in [3.63, 3.8) is 0 Å². The van der Waals surface area contributed by atoms with Crippen molar-refractivity contribution in [2.24, 2.45) is 0 Å². The predicted molar refractivity (Wildman–Crippen MR) is 212 cm³/mol. The third-order valence-electron chi connectivity index (χ3n) is 10.4. The maximum Gasteiger partial charge on any atom is -1.00 e. The number of halogens is 2. The molecule has 0 N–H and O–H groups in total. The topological polar surface area (TPSA) is 0 Å². The van der Waals surface area contributed by atoms with Gasteiger partial charge in [-0.25, -0.2) is 0 Å². The van der Waals surface area contributed by atoms with Crippen LogP contribution in [0.1, 0.15) is 54.5 Å². The molecule has 2 heterocycles. The molecular formula is C44H42Cl2P2SiZr. The van der Waals surface area contributed by atoms with Crippen molar-refractivity contribution in [1.29, 1.82) is 0 Å². The average Bonchev–Trinajstić information content (AvgIpc) is 3.90. The molecule has 0 saturated heterocycles. The molecule has 0 saturated carbocycles. The van der Waals surface area contributed by atoms with Crippen LogP contribution in [0.5, 0.6) is 0 Å². The minimum Gasteiger partial charge on any atom is -1.00 e. The normalized spacial score (nSPS) is 15.5. The van der Waals surface area contributed by atoms with Gasteiger partial charge in [-0.05, 0) is 0 Å². The molecule has 0 radical (unpaired) electrons. The van der Waals surface area contributed by atoms with Gasteiger partial charge in [-0.2, -0.15) is 0 Å². The van der Waals surface area contributed by atoms with E-state index in [9.17, 15) is 0 Å². The van der Waals surface area contributed by atoms with E-state index < -0.39 is 40.9 Å². The van der Waals surface area contributed by atoms with E-state index in [1.165, 1.54) is 44.5 Å². The van der Waals surface area contributed by atoms with Gasteiger partial charge in [-0.15, -0.1) is 0 Å². The molecule has 2 aliphatic carbocycles. The van der Waals surface area contributed by atoms with Gasteiger partial charge < -0.3 is 24.8 Å². The van der Waals surface area contributed by atoms with Crippen LogP contribution in [-0.4, -0.2) is 5.43 Å². The molecule has 2 aromatic heterocycles. The number of fused-ring (bicyclic) bond motifs is 2. The standard InChI is InChI=1S/2C21H18P.C2H6Si.2ClH.Zr/c2*1-15-5-7-17(8-6-15)18-13-19-11-16(2)12-20(19)21(14-18)22-9-3-4-10-22;1-3-2;;;/h2*3-14H,1-2H3;1-2H3;2*1H;/q;;;;;+2/p-2. The molecule has 0 aliphatic heterocycles. The molecule has 0 unspecified atom stereocenters. The van der Waals surface area contributed by atoms with Gasteiger partial charge in [0, 0.05) is 0 Å². The summed E-state index contributed by atoms with van der Waals surface area (Å²) in [7, 11) is -0.860. The number of allylic oxidation sites excluding steroid dienone is 2. The fourth-order valence-electron chi connectivity index (χ4n) is 8.04. The molecule has 250 valence electrons. The summed E-state index contributed by atoms with van der Waals surface area (Å²) in [5, 5.41) is 3.08. The van der Waals surface area contributed by atoms with Crippen LogP contribution in [0.2, 0.25) is 13.1 Å². The van der Waals surface area contributed by atoms with Crippen molar-refractivity contribution >= 4 is 32.7 Å². The molecular weight excluding hydrogens is 781 g/mol. The Morgan fingerprint density at radius 3 is 1.20 bits per heavy atom. The van der Waals surface area contributed by atoms with E-state index in [2.05, 4.69) is 173 Å². The smallest absolute Gasteiger partial charge is 1.00 e. The Hall–Kier alpha value is -2.40. The maximum absolute atomic E-state index is 2.66. The van der Waals surface area contributed by atoms with Gasteiger partial charge in [0.05, 0.1) is 0 Å². The van der Waals surface area contributed by atoms with Gasteiger partial charge in [0.1, 0.15) is 0 Å². The van der Waals surface area contributed by atoms with Gasteiger partial charge in [0.25, 0.3) is 0 Å². The molecule has 6 heteroatoms. The van der Waals surface area contributed by atoms with Crippen molar-refractivity contribution in [1.82, 2.24) is 0 Å². The Morgan fingerprint density at radius 1 is 0.500 bits per heavy atom. The molecule has 2 atom stereocenters. The second-order valence-electron chi connectivity index (χ2n) is 14.0. The summed E-state index contributed by atoms with van der Waals surface area (Å²) in [5.41, 5.74) is 17.2. The van der Waals surface area contributed by atoms with Crippen molar-refractivity contribution in [2.45, 2.75) is 48.0 Å². The molecule has 6 aromatic rings. The largest absolute Gasteiger partial charge is 1.00 e. The molecule has 4 aromatic carbocycles. The van der Waals surface area contributed by atoms with Gasteiger partial charge in [0.2, 0.25) is 0 Å². The quantitative estimate of drug-likeness (QED) is 0.149. The summed E-state index contributed by atoms with van der Waals surface area (Å²) >= 11 is -2.27. The summed E-state index contributed by atoms with van der Waals surface area (Å²) in [6, 6.07) is 37.7. The minimum absolute atomic E-state index is 0. The molecule has 8 rings (SSSR count). The molecule has 0 fully saturated rings. The van der Waals surface area contributed by atoms with Crippen molar-refractivity contribution in [2.75, 3.05) is 0 Å². The van der Waals surface area contributed by atoms with E-state index in [0.717, 1.165) is 0 Å². The SMILES string of the molecule is CC1=Cc2c(cc(-c3ccc(C)cc3)cc2-p2cccc2)[C@@H]1[Zr+2]([C@H]1C(C)=Cc2c1cc(-c1ccc(C)cc1)cc2-p1cccc1)=[Si](C)C.[Cl-].[Cl-]. The zero-order valence-electron chi connectivity index (χ0n) is 29.5. The molecule has 0 spiro atoms. The van der Waals surface area contributed by atoms with Gasteiger partial charge in [0.15, 0.2) is 0 Å². The monoisotopic (exact) mass is 820 g/mol. The van der Waals surface area contributed by atoms with Gasteiger partial charge in [-0.1, -0.05) is 0 Å². The molecule has 0 amide bonds. The fourth-order valence-corrected chi connectivity index (χ4v) is 32.2. The van der Waals surface area contributed by atoms with Crippen LogP contribution < -0.4 is 24.8 Å². The summed E-state index contributed by atoms with van der Waals surface area (Å²) < 4.78 is 1.20. The van der Waals surface area contributed by atoms with E-state index in [1.807, 2.05) is 0 Å². The Morgan fingerprint density at radius 2 is 0.860 bits per heavy atom. The summed E-state index contributed by atoms with van der Waals surface area (Å²) in [4.78, 5) is 0. The van der Waals surface area contributed by atoms with Crippen LogP contribution in [0.25, 0.3) is 45.0 Å². The van der Waals surface area contributed by atoms with E-state index in [-0.39, 0.29) is 24.8 Å². The summed E-state index contributed by atoms with van der Waals surface area (Å²) in [6.45, 7) is 14.6. The maximum atomic E-state index is 2.66. The van der Waals surface area contributed by atoms with Crippen molar-refractivity contribution < 1.29 is 45.2 Å². The minimum atomic E-state index is -2.27. The van der Waals surface area contributed by atoms with Gasteiger partial charge in [-0.3, -0.25) is 0 Å². The first-order valence-corrected chi connectivity index (χ1v) is 29.1. The number of rotatable bonds is 6. The van der Waals surface area contributed by atoms with Crippen LogP contribution in [0, 0.1) is 13.8 Å². The average molecular weight is 823 g/mol. The number of hydrogen-bond acceptors (Lipinski definition) is 0. The van der Waals surface area contributed by atoms with Crippen LogP contribution in [0.4, 0.5) is 0 Å². The number of hydrogen-bond donors (Lipinski definition) is 0. The molecule has 50 heavy (non-hydrogen) atoms. The Balaban J connectivity index is 0.00000216. The van der Waals surface area contributed by atoms with E-state index >= 15 is 0 Å². The Bertz CT molecular complexity index is 2120. The second-order valence-corrected chi connectivity index (χ2v) is 35.7. The Labute approximate surface area is 320 Å². The van der Waals surface area contributed by atoms with E-state index in [1.54, 1.807) is 32.9 Å². The number of benzene rings is 4. The van der Waals surface area contributed by atoms with E-state index in [4.69, 9.17) is 0 Å². The third-order valence-corrected chi connectivity index (χ3v) is 34.1. The van der Waals surface area contributed by atoms with Crippen molar-refractivity contribution in [3.8, 4) is 32.9 Å². The van der Waals surface area contributed by atoms with Crippen LogP contribution in [0.15, 0.2) is 131 Å². The fraction of sp³-hybridized carbons (Fsp3) is 0.182. The summed E-state index contributed by atoms with van der Waals surface area (Å²) in [6.07, 6.45) is 5.23. The van der Waals surface area contributed by atoms with E-state index in [0.29, 0.717) is 7.25 Å². The molecule has 0 nitrogen and oxygen atoms in total. The molecule has 0 bridgehead atoms. The van der Waals surface area contributed by atoms with Crippen LogP contribution >= 0.6 is 15.1 Å². The zero-order chi connectivity index (χ0) is 33.1. The first kappa shape index (κ1) is 37.4. The zero-order valence-corrected chi connectivity index (χ0v) is 36.3. The predicted octanol–water partition coefficient (Wildman–Crippen LogP) is 8.08. The summed E-state index contributed by atoms with van der Waals surface area (Å²) in [5.74, 6) is 9.77. The Kier molecular flexibility index (Phi) is 11.4. The second kappa shape index (κ2) is 15.3.